The molecule has 0 aromatic heterocycles. The molecule has 0 atom stereocenters. The fraction of sp³-hybridized carbons (Fsp3) is 0.188. The molecule has 118 valence electrons. The van der Waals surface area contributed by atoms with Crippen molar-refractivity contribution in [2.24, 2.45) is 0 Å². The van der Waals surface area contributed by atoms with Crippen LogP contribution in [-0.4, -0.2) is 13.3 Å². The molecule has 2 aromatic rings. The molecule has 0 unspecified atom stereocenters. The van der Waals surface area contributed by atoms with Gasteiger partial charge in [-0.3, -0.25) is 4.79 Å². The van der Waals surface area contributed by atoms with E-state index in [1.165, 1.54) is 12.1 Å². The van der Waals surface area contributed by atoms with Crippen molar-refractivity contribution in [3.8, 4) is 0 Å². The topological polar surface area (TPSA) is 55.1 Å². The van der Waals surface area contributed by atoms with Gasteiger partial charge in [0.05, 0.1) is 5.56 Å². The molecule has 0 aliphatic carbocycles. The Balaban J connectivity index is 0.000000224. The van der Waals surface area contributed by atoms with E-state index in [1.807, 2.05) is 32.2 Å². The highest BCUT2D eigenvalue weighted by Gasteiger charge is 2.30. The molecule has 0 saturated carbocycles. The van der Waals surface area contributed by atoms with Gasteiger partial charge in [0.25, 0.3) is 0 Å². The molecule has 0 radical (unpaired) electrons. The molecule has 0 spiro atoms. The largest absolute Gasteiger partial charge is 0.416 e. The van der Waals surface area contributed by atoms with Crippen molar-refractivity contribution in [3.05, 3.63) is 59.2 Å². The second kappa shape index (κ2) is 7.49. The van der Waals surface area contributed by atoms with Crippen LogP contribution < -0.4 is 11.1 Å². The maximum Gasteiger partial charge on any atom is 0.416 e. The van der Waals surface area contributed by atoms with Crippen LogP contribution >= 0.6 is 0 Å². The van der Waals surface area contributed by atoms with E-state index < -0.39 is 11.7 Å². The summed E-state index contributed by atoms with van der Waals surface area (Å²) in [6.07, 6.45) is -3.99. The van der Waals surface area contributed by atoms with E-state index in [0.717, 1.165) is 29.1 Å². The normalized spacial score (nSPS) is 10.4. The van der Waals surface area contributed by atoms with Crippen molar-refractivity contribution in [3.63, 3.8) is 0 Å². The first-order valence-corrected chi connectivity index (χ1v) is 6.44. The van der Waals surface area contributed by atoms with Gasteiger partial charge in [-0.1, -0.05) is 18.2 Å². The Kier molecular flexibility index (Phi) is 5.98. The zero-order valence-corrected chi connectivity index (χ0v) is 12.2. The molecule has 0 aliphatic heterocycles. The first kappa shape index (κ1) is 17.6. The highest BCUT2D eigenvalue weighted by atomic mass is 19.4. The lowest BCUT2D eigenvalue weighted by molar-refractivity contribution is -0.137. The summed E-state index contributed by atoms with van der Waals surface area (Å²) in [4.78, 5) is 10.1. The number of hydrogen-bond donors (Lipinski definition) is 2. The summed E-state index contributed by atoms with van der Waals surface area (Å²) in [5.41, 5.74) is 7.91. The number of nitrogens with one attached hydrogen (secondary N) is 1. The van der Waals surface area contributed by atoms with Crippen LogP contribution in [0, 0.1) is 6.92 Å². The van der Waals surface area contributed by atoms with Crippen LogP contribution in [0.1, 0.15) is 21.5 Å². The van der Waals surface area contributed by atoms with Gasteiger partial charge in [0.2, 0.25) is 0 Å². The molecular weight excluding hydrogens is 293 g/mol. The quantitative estimate of drug-likeness (QED) is 0.647. The van der Waals surface area contributed by atoms with Gasteiger partial charge in [0.15, 0.2) is 0 Å². The number of anilines is 2. The molecule has 0 saturated heterocycles. The van der Waals surface area contributed by atoms with E-state index in [2.05, 4.69) is 5.32 Å². The van der Waals surface area contributed by atoms with Crippen molar-refractivity contribution < 1.29 is 18.0 Å². The SMILES string of the molecule is CNc1ccc(C)c(N)c1.O=Cc1cccc(C(F)(F)F)c1. The van der Waals surface area contributed by atoms with Crippen LogP contribution in [0.5, 0.6) is 0 Å². The lowest BCUT2D eigenvalue weighted by atomic mass is 10.1. The smallest absolute Gasteiger partial charge is 0.398 e. The summed E-state index contributed by atoms with van der Waals surface area (Å²) in [7, 11) is 1.88. The molecule has 3 nitrogen and oxygen atoms in total. The van der Waals surface area contributed by atoms with Crippen molar-refractivity contribution >= 4 is 17.7 Å². The third-order valence-corrected chi connectivity index (χ3v) is 2.92. The molecule has 0 bridgehead atoms. The number of aldehydes is 1. The Morgan fingerprint density at radius 1 is 1.14 bits per heavy atom. The van der Waals surface area contributed by atoms with Crippen LogP contribution in [0.2, 0.25) is 0 Å². The first-order valence-electron chi connectivity index (χ1n) is 6.44. The number of benzene rings is 2. The standard InChI is InChI=1S/C8H5F3O.C8H12N2/c9-8(10,11)7-3-1-2-6(4-7)5-12;1-6-3-4-7(10-2)5-8(6)9/h1-5H;3-5,10H,9H2,1-2H3. The maximum absolute atomic E-state index is 12.0. The van der Waals surface area contributed by atoms with Crippen LogP contribution in [0.4, 0.5) is 24.5 Å². The van der Waals surface area contributed by atoms with Crippen LogP contribution in [0.3, 0.4) is 0 Å². The van der Waals surface area contributed by atoms with E-state index in [4.69, 9.17) is 5.73 Å². The van der Waals surface area contributed by atoms with Gasteiger partial charge in [-0.15, -0.1) is 0 Å². The Hall–Kier alpha value is -2.50. The third kappa shape index (κ3) is 5.12. The monoisotopic (exact) mass is 310 g/mol. The number of carbonyl (C=O) groups excluding carboxylic acids is 1. The minimum absolute atomic E-state index is 0.0322. The summed E-state index contributed by atoms with van der Waals surface area (Å²) < 4.78 is 36.0. The summed E-state index contributed by atoms with van der Waals surface area (Å²) in [6, 6.07) is 10.2. The zero-order valence-electron chi connectivity index (χ0n) is 12.2. The number of nitrogen functional groups attached to an aromatic ring is 1. The molecular formula is C16H17F3N2O. The van der Waals surface area contributed by atoms with Crippen molar-refractivity contribution in [1.29, 1.82) is 0 Å². The molecule has 0 fully saturated rings. The van der Waals surface area contributed by atoms with Crippen LogP contribution in [0.25, 0.3) is 0 Å². The number of rotatable bonds is 2. The lowest BCUT2D eigenvalue weighted by Gasteiger charge is -2.05. The van der Waals surface area contributed by atoms with E-state index in [1.54, 1.807) is 0 Å². The number of halogens is 3. The van der Waals surface area contributed by atoms with Crippen molar-refractivity contribution in [1.82, 2.24) is 0 Å². The fourth-order valence-electron chi connectivity index (χ4n) is 1.58. The molecule has 3 N–H and O–H groups in total. The molecule has 0 amide bonds. The van der Waals surface area contributed by atoms with Crippen LogP contribution in [-0.2, 0) is 6.18 Å². The van der Waals surface area contributed by atoms with Crippen molar-refractivity contribution in [2.45, 2.75) is 13.1 Å². The number of alkyl halides is 3. The number of nitrogens with two attached hydrogens (primary N) is 1. The summed E-state index contributed by atoms with van der Waals surface area (Å²) in [5, 5.41) is 3.01. The zero-order chi connectivity index (χ0) is 16.8. The Morgan fingerprint density at radius 2 is 1.82 bits per heavy atom. The summed E-state index contributed by atoms with van der Waals surface area (Å²) in [5.74, 6) is 0. The highest BCUT2D eigenvalue weighted by Crippen LogP contribution is 2.29. The van der Waals surface area contributed by atoms with Gasteiger partial charge in [-0.2, -0.15) is 13.2 Å². The second-order valence-electron chi connectivity index (χ2n) is 4.56. The van der Waals surface area contributed by atoms with Crippen molar-refractivity contribution in [2.75, 3.05) is 18.1 Å². The predicted molar refractivity (Wildman–Crippen MR) is 82.0 cm³/mol. The van der Waals surface area contributed by atoms with Gasteiger partial charge in [0.1, 0.15) is 6.29 Å². The molecule has 2 aromatic carbocycles. The second-order valence-corrected chi connectivity index (χ2v) is 4.56. The maximum atomic E-state index is 12.0. The highest BCUT2D eigenvalue weighted by molar-refractivity contribution is 5.75. The number of carbonyl (C=O) groups is 1. The summed E-state index contributed by atoms with van der Waals surface area (Å²) >= 11 is 0. The minimum atomic E-state index is -4.38. The van der Waals surface area contributed by atoms with Crippen LogP contribution in [0.15, 0.2) is 42.5 Å². The van der Waals surface area contributed by atoms with Gasteiger partial charge in [0, 0.05) is 24.0 Å². The number of aryl methyl sites for hydroxylation is 1. The lowest BCUT2D eigenvalue weighted by Crippen LogP contribution is -2.04. The Bertz CT molecular complexity index is 640. The van der Waals surface area contributed by atoms with Gasteiger partial charge in [-0.05, 0) is 36.8 Å². The average Bonchev–Trinajstić information content (AvgIpc) is 2.50. The number of hydrogen-bond acceptors (Lipinski definition) is 3. The van der Waals surface area contributed by atoms with Gasteiger partial charge in [-0.25, -0.2) is 0 Å². The predicted octanol–water partition coefficient (Wildman–Crippen LogP) is 4.14. The van der Waals surface area contributed by atoms with E-state index in [-0.39, 0.29) is 5.56 Å². The third-order valence-electron chi connectivity index (χ3n) is 2.92. The Morgan fingerprint density at radius 3 is 2.32 bits per heavy atom. The van der Waals surface area contributed by atoms with E-state index in [0.29, 0.717) is 6.29 Å². The van der Waals surface area contributed by atoms with Gasteiger partial charge >= 0.3 is 6.18 Å². The van der Waals surface area contributed by atoms with Gasteiger partial charge < -0.3 is 11.1 Å². The summed E-state index contributed by atoms with van der Waals surface area (Å²) in [6.45, 7) is 1.99. The molecule has 22 heavy (non-hydrogen) atoms. The first-order chi connectivity index (χ1) is 10.3. The molecule has 0 aliphatic rings. The molecule has 0 heterocycles. The molecule has 2 rings (SSSR count). The van der Waals surface area contributed by atoms with E-state index >= 15 is 0 Å². The Labute approximate surface area is 127 Å². The average molecular weight is 310 g/mol. The van der Waals surface area contributed by atoms with E-state index in [9.17, 15) is 18.0 Å². The minimum Gasteiger partial charge on any atom is -0.398 e. The molecule has 6 heteroatoms. The fourth-order valence-corrected chi connectivity index (χ4v) is 1.58.